The maximum Gasteiger partial charge on any atom is 0.416 e. The van der Waals surface area contributed by atoms with Gasteiger partial charge in [0.2, 0.25) is 0 Å². The SMILES string of the molecule is O=C(C1(O)CCCN(O)C(COc2ccc(C(F)(F)F)cc2)C1)C1(c2ccc(Cl)cc2)CCC1. The van der Waals surface area contributed by atoms with Gasteiger partial charge in [0.1, 0.15) is 18.0 Å². The number of rotatable bonds is 6. The minimum Gasteiger partial charge on any atom is -0.492 e. The molecule has 2 aromatic rings. The number of carbonyl (C=O) groups is 1. The summed E-state index contributed by atoms with van der Waals surface area (Å²) >= 11 is 6.01. The molecular weight excluding hydrogens is 471 g/mol. The molecule has 0 bridgehead atoms. The molecule has 184 valence electrons. The number of ketones is 1. The third-order valence-electron chi connectivity index (χ3n) is 7.06. The van der Waals surface area contributed by atoms with Crippen molar-refractivity contribution in [3.8, 4) is 5.75 Å². The average molecular weight is 498 g/mol. The lowest BCUT2D eigenvalue weighted by Crippen LogP contribution is -2.56. The molecule has 2 unspecified atom stereocenters. The van der Waals surface area contributed by atoms with Crippen LogP contribution in [0.1, 0.15) is 49.7 Å². The quantitative estimate of drug-likeness (QED) is 0.559. The number of hydroxylamine groups is 2. The molecule has 2 atom stereocenters. The minimum atomic E-state index is -4.44. The van der Waals surface area contributed by atoms with Crippen molar-refractivity contribution in [2.75, 3.05) is 13.2 Å². The predicted molar refractivity (Wildman–Crippen MR) is 120 cm³/mol. The summed E-state index contributed by atoms with van der Waals surface area (Å²) in [6.07, 6.45) is -1.74. The molecule has 1 saturated carbocycles. The van der Waals surface area contributed by atoms with Crippen LogP contribution >= 0.6 is 11.6 Å². The van der Waals surface area contributed by atoms with Crippen LogP contribution in [0.2, 0.25) is 5.02 Å². The number of Topliss-reactive ketones (excluding diaryl/α,β-unsaturated/α-hetero) is 1. The van der Waals surface area contributed by atoms with Crippen molar-refractivity contribution in [3.05, 3.63) is 64.7 Å². The molecule has 0 amide bonds. The first-order chi connectivity index (χ1) is 16.0. The molecule has 0 radical (unpaired) electrons. The van der Waals surface area contributed by atoms with E-state index in [1.165, 1.54) is 12.1 Å². The molecule has 2 aliphatic rings. The highest BCUT2D eigenvalue weighted by molar-refractivity contribution is 6.30. The van der Waals surface area contributed by atoms with E-state index in [4.69, 9.17) is 16.3 Å². The van der Waals surface area contributed by atoms with Gasteiger partial charge in [-0.25, -0.2) is 0 Å². The first kappa shape index (κ1) is 25.0. The third-order valence-corrected chi connectivity index (χ3v) is 7.31. The van der Waals surface area contributed by atoms with Gasteiger partial charge in [0.15, 0.2) is 5.78 Å². The van der Waals surface area contributed by atoms with Gasteiger partial charge in [-0.05, 0) is 67.6 Å². The van der Waals surface area contributed by atoms with Crippen LogP contribution in [0.4, 0.5) is 13.2 Å². The fraction of sp³-hybridized carbons (Fsp3) is 0.480. The zero-order valence-electron chi connectivity index (χ0n) is 18.5. The van der Waals surface area contributed by atoms with Crippen LogP contribution in [-0.2, 0) is 16.4 Å². The summed E-state index contributed by atoms with van der Waals surface area (Å²) in [6.45, 7) is 0.149. The number of hydrogen-bond donors (Lipinski definition) is 2. The van der Waals surface area contributed by atoms with Crippen LogP contribution < -0.4 is 4.74 Å². The van der Waals surface area contributed by atoms with E-state index in [2.05, 4.69) is 0 Å². The third kappa shape index (κ3) is 4.96. The molecule has 1 aliphatic heterocycles. The zero-order chi connectivity index (χ0) is 24.6. The second kappa shape index (κ2) is 9.49. The Kier molecular flexibility index (Phi) is 6.97. The Bertz CT molecular complexity index is 1010. The van der Waals surface area contributed by atoms with E-state index in [1.807, 2.05) is 12.1 Å². The van der Waals surface area contributed by atoms with Crippen LogP contribution in [0.15, 0.2) is 48.5 Å². The van der Waals surface area contributed by atoms with Gasteiger partial charge in [-0.3, -0.25) is 4.79 Å². The zero-order valence-corrected chi connectivity index (χ0v) is 19.3. The van der Waals surface area contributed by atoms with E-state index >= 15 is 0 Å². The van der Waals surface area contributed by atoms with E-state index in [0.717, 1.165) is 29.2 Å². The van der Waals surface area contributed by atoms with Gasteiger partial charge in [-0.15, -0.1) is 0 Å². The van der Waals surface area contributed by atoms with Crippen molar-refractivity contribution in [1.29, 1.82) is 0 Å². The molecule has 5 nitrogen and oxygen atoms in total. The van der Waals surface area contributed by atoms with Crippen molar-refractivity contribution in [2.24, 2.45) is 0 Å². The second-order valence-electron chi connectivity index (χ2n) is 9.26. The number of alkyl halides is 3. The maximum atomic E-state index is 13.8. The van der Waals surface area contributed by atoms with Crippen molar-refractivity contribution in [3.63, 3.8) is 0 Å². The maximum absolute atomic E-state index is 13.8. The number of benzene rings is 2. The molecule has 2 aromatic carbocycles. The highest BCUT2D eigenvalue weighted by atomic mass is 35.5. The van der Waals surface area contributed by atoms with E-state index < -0.39 is 28.8 Å². The standard InChI is InChI=1S/C25H27ClF3NO4/c26-19-7-3-17(4-8-19)23(11-1-12-23)22(31)24(32)13-2-14-30(33)20(15-24)16-34-21-9-5-18(6-10-21)25(27,28)29/h3-10,20,32-33H,1-2,11-16H2. The molecular formula is C25H27ClF3NO4. The topological polar surface area (TPSA) is 70.0 Å². The molecule has 2 N–H and O–H groups in total. The van der Waals surface area contributed by atoms with Crippen LogP contribution in [0.5, 0.6) is 5.75 Å². The highest BCUT2D eigenvalue weighted by Gasteiger charge is 2.54. The molecule has 9 heteroatoms. The predicted octanol–water partition coefficient (Wildman–Crippen LogP) is 5.40. The van der Waals surface area contributed by atoms with Gasteiger partial charge in [0, 0.05) is 18.0 Å². The number of hydrogen-bond acceptors (Lipinski definition) is 5. The van der Waals surface area contributed by atoms with Crippen molar-refractivity contribution in [1.82, 2.24) is 5.06 Å². The summed E-state index contributed by atoms with van der Waals surface area (Å²) in [5, 5.41) is 23.6. The molecule has 4 rings (SSSR count). The summed E-state index contributed by atoms with van der Waals surface area (Å²) in [5.74, 6) is -0.0551. The normalized spacial score (nSPS) is 25.3. The first-order valence-electron chi connectivity index (χ1n) is 11.3. The van der Waals surface area contributed by atoms with E-state index in [-0.39, 0.29) is 37.5 Å². The Morgan fingerprint density at radius 3 is 2.26 bits per heavy atom. The van der Waals surface area contributed by atoms with E-state index in [9.17, 15) is 28.3 Å². The number of carbonyl (C=O) groups excluding carboxylic acids is 1. The molecule has 1 saturated heterocycles. The van der Waals surface area contributed by atoms with Gasteiger partial charge >= 0.3 is 6.18 Å². The number of halogens is 4. The summed E-state index contributed by atoms with van der Waals surface area (Å²) in [5.41, 5.74) is -2.41. The molecule has 0 aromatic heterocycles. The molecule has 1 aliphatic carbocycles. The van der Waals surface area contributed by atoms with Crippen molar-refractivity contribution >= 4 is 17.4 Å². The van der Waals surface area contributed by atoms with Crippen molar-refractivity contribution < 1.29 is 33.0 Å². The molecule has 34 heavy (non-hydrogen) atoms. The Morgan fingerprint density at radius 1 is 1.06 bits per heavy atom. The van der Waals surface area contributed by atoms with Crippen LogP contribution in [0, 0.1) is 0 Å². The van der Waals surface area contributed by atoms with Crippen molar-refractivity contribution in [2.45, 2.75) is 61.8 Å². The number of nitrogens with zero attached hydrogens (tertiary/aromatic N) is 1. The van der Waals surface area contributed by atoms with E-state index in [0.29, 0.717) is 24.3 Å². The summed E-state index contributed by atoms with van der Waals surface area (Å²) in [4.78, 5) is 13.8. The molecule has 0 spiro atoms. The molecule has 1 heterocycles. The van der Waals surface area contributed by atoms with Crippen LogP contribution in [0.3, 0.4) is 0 Å². The van der Waals surface area contributed by atoms with Gasteiger partial charge < -0.3 is 15.1 Å². The van der Waals surface area contributed by atoms with Crippen LogP contribution in [0.25, 0.3) is 0 Å². The Morgan fingerprint density at radius 2 is 1.71 bits per heavy atom. The fourth-order valence-corrected chi connectivity index (χ4v) is 5.11. The Hall–Kier alpha value is -2.13. The summed E-state index contributed by atoms with van der Waals surface area (Å²) in [6, 6.07) is 10.7. The van der Waals surface area contributed by atoms with Crippen LogP contribution in [-0.4, -0.2) is 46.0 Å². The largest absolute Gasteiger partial charge is 0.492 e. The lowest BCUT2D eigenvalue weighted by Gasteiger charge is -2.46. The van der Waals surface area contributed by atoms with E-state index in [1.54, 1.807) is 12.1 Å². The van der Waals surface area contributed by atoms with Gasteiger partial charge in [-0.2, -0.15) is 18.2 Å². The Balaban J connectivity index is 1.50. The monoisotopic (exact) mass is 497 g/mol. The van der Waals surface area contributed by atoms with Gasteiger partial charge in [-0.1, -0.05) is 30.2 Å². The number of aliphatic hydroxyl groups is 1. The summed E-state index contributed by atoms with van der Waals surface area (Å²) in [7, 11) is 0. The summed E-state index contributed by atoms with van der Waals surface area (Å²) < 4.78 is 44.0. The first-order valence-corrected chi connectivity index (χ1v) is 11.7. The smallest absolute Gasteiger partial charge is 0.416 e. The van der Waals surface area contributed by atoms with Gasteiger partial charge in [0.25, 0.3) is 0 Å². The average Bonchev–Trinajstić information content (AvgIpc) is 2.91. The highest BCUT2D eigenvalue weighted by Crippen LogP contribution is 2.48. The minimum absolute atomic E-state index is 0.0433. The lowest BCUT2D eigenvalue weighted by molar-refractivity contribution is -0.158. The Labute approximate surface area is 201 Å². The number of ether oxygens (including phenoxy) is 1. The molecule has 2 fully saturated rings. The lowest BCUT2D eigenvalue weighted by atomic mass is 9.58. The fourth-order valence-electron chi connectivity index (χ4n) is 4.99. The van der Waals surface area contributed by atoms with Gasteiger partial charge in [0.05, 0.1) is 17.0 Å². The second-order valence-corrected chi connectivity index (χ2v) is 9.70.